The van der Waals surface area contributed by atoms with Gasteiger partial charge in [-0.25, -0.2) is 4.79 Å². The lowest BCUT2D eigenvalue weighted by Crippen LogP contribution is -2.45. The fourth-order valence-corrected chi connectivity index (χ4v) is 2.60. The van der Waals surface area contributed by atoms with Gasteiger partial charge in [0.15, 0.2) is 0 Å². The highest BCUT2D eigenvalue weighted by Crippen LogP contribution is 2.29. The first-order valence-corrected chi connectivity index (χ1v) is 7.04. The van der Waals surface area contributed by atoms with Gasteiger partial charge >= 0.3 is 5.97 Å². The summed E-state index contributed by atoms with van der Waals surface area (Å²) in [5.74, 6) is -1.13. The first kappa shape index (κ1) is 13.6. The van der Waals surface area contributed by atoms with Crippen molar-refractivity contribution in [2.75, 3.05) is 0 Å². The van der Waals surface area contributed by atoms with Crippen LogP contribution in [0, 0.1) is 0 Å². The normalized spacial score (nSPS) is 15.9. The van der Waals surface area contributed by atoms with E-state index in [0.29, 0.717) is 0 Å². The number of para-hydroxylation sites is 1. The van der Waals surface area contributed by atoms with Gasteiger partial charge in [0.05, 0.1) is 17.6 Å². The average molecular weight is 287 g/mol. The zero-order valence-electron chi connectivity index (χ0n) is 11.7. The highest BCUT2D eigenvalue weighted by molar-refractivity contribution is 5.89. The predicted molar refractivity (Wildman–Crippen MR) is 76.8 cm³/mol. The first-order chi connectivity index (χ1) is 10.1. The molecule has 3 rings (SSSR count). The maximum Gasteiger partial charge on any atom is 0.326 e. The minimum atomic E-state index is -0.968. The van der Waals surface area contributed by atoms with Crippen molar-refractivity contribution in [1.82, 2.24) is 15.1 Å². The third kappa shape index (κ3) is 2.61. The van der Waals surface area contributed by atoms with Crippen molar-refractivity contribution in [2.24, 2.45) is 0 Å². The molecule has 1 heterocycles. The van der Waals surface area contributed by atoms with Crippen molar-refractivity contribution in [3.63, 3.8) is 0 Å². The number of nitrogens with zero attached hydrogens (tertiary/aromatic N) is 2. The molecule has 1 aliphatic carbocycles. The first-order valence-electron chi connectivity index (χ1n) is 7.04. The predicted octanol–water partition coefficient (Wildman–Crippen LogP) is 1.57. The number of carbonyl (C=O) groups excluding carboxylic acids is 1. The van der Waals surface area contributed by atoms with Crippen LogP contribution in [0.3, 0.4) is 0 Å². The number of H-pyrrole nitrogens is 1. The highest BCUT2D eigenvalue weighted by Gasteiger charge is 2.38. The molecule has 1 fully saturated rings. The number of rotatable bonds is 5. The summed E-state index contributed by atoms with van der Waals surface area (Å²) in [6, 6.07) is 6.83. The fourth-order valence-electron chi connectivity index (χ4n) is 2.60. The molecule has 2 N–H and O–H groups in total. The maximum absolute atomic E-state index is 12.5. The molecule has 21 heavy (non-hydrogen) atoms. The number of hydrogen-bond acceptors (Lipinski definition) is 3. The van der Waals surface area contributed by atoms with Gasteiger partial charge in [0.1, 0.15) is 6.04 Å². The van der Waals surface area contributed by atoms with E-state index in [-0.39, 0.29) is 18.4 Å². The number of carboxylic acids is 1. The lowest BCUT2D eigenvalue weighted by Gasteiger charge is -2.26. The number of amides is 1. The standard InChI is InChI=1S/C15H17N3O3/c1-9(15(20)21)18(10-6-7-10)14(19)8-13-11-4-2-3-5-12(11)16-17-13/h2-5,9-10H,6-8H2,1H3,(H,16,17)(H,20,21). The van der Waals surface area contributed by atoms with Crippen molar-refractivity contribution >= 4 is 22.8 Å². The highest BCUT2D eigenvalue weighted by atomic mass is 16.4. The van der Waals surface area contributed by atoms with Crippen LogP contribution in [0.2, 0.25) is 0 Å². The molecule has 110 valence electrons. The number of fused-ring (bicyclic) bond motifs is 1. The lowest BCUT2D eigenvalue weighted by molar-refractivity contribution is -0.149. The summed E-state index contributed by atoms with van der Waals surface area (Å²) in [5, 5.41) is 17.1. The van der Waals surface area contributed by atoms with Gasteiger partial charge in [-0.15, -0.1) is 0 Å². The minimum absolute atomic E-state index is 0.0674. The van der Waals surface area contributed by atoms with Crippen LogP contribution in [0.25, 0.3) is 10.9 Å². The molecule has 1 saturated carbocycles. The van der Waals surface area contributed by atoms with E-state index < -0.39 is 12.0 Å². The zero-order chi connectivity index (χ0) is 15.0. The fraction of sp³-hybridized carbons (Fsp3) is 0.400. The number of aromatic nitrogens is 2. The van der Waals surface area contributed by atoms with Gasteiger partial charge in [0.2, 0.25) is 5.91 Å². The molecule has 1 aliphatic rings. The van der Waals surface area contributed by atoms with Crippen molar-refractivity contribution in [2.45, 2.75) is 38.3 Å². The molecule has 6 nitrogen and oxygen atoms in total. The Morgan fingerprint density at radius 1 is 1.43 bits per heavy atom. The Morgan fingerprint density at radius 2 is 2.14 bits per heavy atom. The molecule has 0 spiro atoms. The smallest absolute Gasteiger partial charge is 0.326 e. The van der Waals surface area contributed by atoms with Gasteiger partial charge in [0, 0.05) is 11.4 Å². The number of carbonyl (C=O) groups is 2. The maximum atomic E-state index is 12.5. The number of carboxylic acid groups (broad SMARTS) is 1. The van der Waals surface area contributed by atoms with Gasteiger partial charge in [-0.3, -0.25) is 9.89 Å². The molecule has 1 unspecified atom stereocenters. The molecule has 1 atom stereocenters. The SMILES string of the molecule is CC(C(=O)O)N(C(=O)Cc1[nH]nc2ccccc12)C1CC1. The molecule has 1 aromatic carbocycles. The number of benzene rings is 1. The van der Waals surface area contributed by atoms with Crippen molar-refractivity contribution in [3.8, 4) is 0 Å². The van der Waals surface area contributed by atoms with Gasteiger partial charge in [0.25, 0.3) is 0 Å². The van der Waals surface area contributed by atoms with E-state index in [1.807, 2.05) is 24.3 Å². The Kier molecular flexibility index (Phi) is 3.37. The summed E-state index contributed by atoms with van der Waals surface area (Å²) in [6.07, 6.45) is 1.91. The second-order valence-electron chi connectivity index (χ2n) is 5.44. The second kappa shape index (κ2) is 5.20. The average Bonchev–Trinajstić information content (AvgIpc) is 3.21. The number of nitrogens with one attached hydrogen (secondary N) is 1. The quantitative estimate of drug-likeness (QED) is 0.874. The third-order valence-corrected chi connectivity index (χ3v) is 3.87. The Hall–Kier alpha value is -2.37. The van der Waals surface area contributed by atoms with Crippen LogP contribution in [0.1, 0.15) is 25.5 Å². The van der Waals surface area contributed by atoms with Gasteiger partial charge in [-0.05, 0) is 25.8 Å². The van der Waals surface area contributed by atoms with Crippen molar-refractivity contribution in [3.05, 3.63) is 30.0 Å². The van der Waals surface area contributed by atoms with Crippen LogP contribution in [0.4, 0.5) is 0 Å². The summed E-state index contributed by atoms with van der Waals surface area (Å²) >= 11 is 0. The van der Waals surface area contributed by atoms with Crippen LogP contribution in [0.15, 0.2) is 24.3 Å². The third-order valence-electron chi connectivity index (χ3n) is 3.87. The largest absolute Gasteiger partial charge is 0.480 e. The van der Waals surface area contributed by atoms with Crippen LogP contribution < -0.4 is 0 Å². The van der Waals surface area contributed by atoms with Crippen molar-refractivity contribution < 1.29 is 14.7 Å². The lowest BCUT2D eigenvalue weighted by atomic mass is 10.1. The molecule has 6 heteroatoms. The van der Waals surface area contributed by atoms with E-state index in [2.05, 4.69) is 10.2 Å². The van der Waals surface area contributed by atoms with E-state index in [9.17, 15) is 9.59 Å². The Balaban J connectivity index is 1.82. The zero-order valence-corrected chi connectivity index (χ0v) is 11.7. The van der Waals surface area contributed by atoms with Crippen LogP contribution in [-0.4, -0.2) is 44.2 Å². The summed E-state index contributed by atoms with van der Waals surface area (Å²) in [5.41, 5.74) is 1.54. The molecule has 1 aromatic heterocycles. The molecule has 0 saturated heterocycles. The molecular weight excluding hydrogens is 270 g/mol. The Bertz CT molecular complexity index is 690. The van der Waals surface area contributed by atoms with Crippen molar-refractivity contribution in [1.29, 1.82) is 0 Å². The van der Waals surface area contributed by atoms with Gasteiger partial charge in [-0.1, -0.05) is 18.2 Å². The number of aliphatic carboxylic acids is 1. The molecule has 0 radical (unpaired) electrons. The van der Waals surface area contributed by atoms with E-state index in [1.165, 1.54) is 4.90 Å². The van der Waals surface area contributed by atoms with Crippen LogP contribution in [0.5, 0.6) is 0 Å². The summed E-state index contributed by atoms with van der Waals surface area (Å²) in [7, 11) is 0. The van der Waals surface area contributed by atoms with Crippen LogP contribution >= 0.6 is 0 Å². The van der Waals surface area contributed by atoms with E-state index >= 15 is 0 Å². The number of aromatic amines is 1. The van der Waals surface area contributed by atoms with E-state index in [1.54, 1.807) is 6.92 Å². The minimum Gasteiger partial charge on any atom is -0.480 e. The Morgan fingerprint density at radius 3 is 2.81 bits per heavy atom. The topological polar surface area (TPSA) is 86.3 Å². The van der Waals surface area contributed by atoms with E-state index in [4.69, 9.17) is 5.11 Å². The monoisotopic (exact) mass is 287 g/mol. The number of hydrogen-bond donors (Lipinski definition) is 2. The van der Waals surface area contributed by atoms with Gasteiger partial charge in [-0.2, -0.15) is 5.10 Å². The molecular formula is C15H17N3O3. The molecule has 0 bridgehead atoms. The summed E-state index contributed by atoms with van der Waals surface area (Å²) < 4.78 is 0. The van der Waals surface area contributed by atoms with Gasteiger partial charge < -0.3 is 10.0 Å². The molecule has 1 amide bonds. The molecule has 0 aliphatic heterocycles. The molecule has 2 aromatic rings. The summed E-state index contributed by atoms with van der Waals surface area (Å²) in [4.78, 5) is 25.2. The Labute approximate surface area is 121 Å². The second-order valence-corrected chi connectivity index (χ2v) is 5.44. The van der Waals surface area contributed by atoms with Crippen LogP contribution in [-0.2, 0) is 16.0 Å². The van der Waals surface area contributed by atoms with E-state index in [0.717, 1.165) is 29.4 Å². The summed E-state index contributed by atoms with van der Waals surface area (Å²) in [6.45, 7) is 1.56.